The lowest BCUT2D eigenvalue weighted by Gasteiger charge is -2.23. The number of ether oxygens (including phenoxy) is 1. The molecule has 3 rings (SSSR count). The number of carbonyl (C=O) groups excluding carboxylic acids is 1. The molecular formula is C19H21N3O2. The number of carbonyl (C=O) groups is 1. The molecule has 1 atom stereocenters. The lowest BCUT2D eigenvalue weighted by atomic mass is 9.85. The normalized spacial score (nSPS) is 19.0. The van der Waals surface area contributed by atoms with Crippen LogP contribution in [-0.4, -0.2) is 23.7 Å². The highest BCUT2D eigenvalue weighted by Gasteiger charge is 2.23. The number of methoxy groups -OCH3 is 1. The van der Waals surface area contributed by atoms with Crippen molar-refractivity contribution in [3.05, 3.63) is 59.9 Å². The molecule has 1 aliphatic rings. The lowest BCUT2D eigenvalue weighted by Crippen LogP contribution is -2.25. The van der Waals surface area contributed by atoms with Crippen LogP contribution in [0.2, 0.25) is 0 Å². The van der Waals surface area contributed by atoms with Crippen LogP contribution in [0.15, 0.2) is 53.8 Å². The summed E-state index contributed by atoms with van der Waals surface area (Å²) in [5.74, 6) is 0.461. The molecule has 1 N–H and O–H groups in total. The second kappa shape index (κ2) is 7.73. The van der Waals surface area contributed by atoms with Gasteiger partial charge in [0.25, 0.3) is 5.91 Å². The average Bonchev–Trinajstić information content (AvgIpc) is 2.67. The SMILES string of the molecule is COc1ccccc1C(=O)N/N=C1\CCCCC1c1ccccn1. The first-order valence-corrected chi connectivity index (χ1v) is 8.20. The van der Waals surface area contributed by atoms with E-state index in [0.29, 0.717) is 11.3 Å². The topological polar surface area (TPSA) is 63.6 Å². The highest BCUT2D eigenvalue weighted by atomic mass is 16.5. The van der Waals surface area contributed by atoms with E-state index in [9.17, 15) is 4.79 Å². The standard InChI is InChI=1S/C19H21N3O2/c1-24-18-12-5-3-9-15(18)19(23)22-21-17-11-4-2-8-14(17)16-10-6-7-13-20-16/h3,5-7,9-10,12-14H,2,4,8,11H2,1H3,(H,22,23)/b21-17+. The van der Waals surface area contributed by atoms with Gasteiger partial charge in [-0.25, -0.2) is 5.43 Å². The Hall–Kier alpha value is -2.69. The maximum atomic E-state index is 12.4. The Kier molecular flexibility index (Phi) is 5.21. The molecule has 0 aliphatic heterocycles. The minimum atomic E-state index is -0.259. The molecule has 1 aliphatic carbocycles. The zero-order valence-corrected chi connectivity index (χ0v) is 13.7. The molecule has 124 valence electrons. The van der Waals surface area contributed by atoms with Gasteiger partial charge in [-0.3, -0.25) is 9.78 Å². The fourth-order valence-electron chi connectivity index (χ4n) is 3.04. The van der Waals surface area contributed by atoms with Crippen molar-refractivity contribution in [2.24, 2.45) is 5.10 Å². The third kappa shape index (κ3) is 3.62. The van der Waals surface area contributed by atoms with Gasteiger partial charge in [-0.2, -0.15) is 5.10 Å². The summed E-state index contributed by atoms with van der Waals surface area (Å²) in [6, 6.07) is 13.1. The van der Waals surface area contributed by atoms with E-state index in [-0.39, 0.29) is 11.8 Å². The number of aromatic nitrogens is 1. The number of amides is 1. The molecule has 1 aromatic carbocycles. The van der Waals surface area contributed by atoms with Gasteiger partial charge in [0.05, 0.1) is 12.7 Å². The van der Waals surface area contributed by atoms with Gasteiger partial charge in [-0.15, -0.1) is 0 Å². The highest BCUT2D eigenvalue weighted by Crippen LogP contribution is 2.29. The van der Waals surface area contributed by atoms with Gasteiger partial charge in [-0.1, -0.05) is 24.6 Å². The van der Waals surface area contributed by atoms with Crippen molar-refractivity contribution in [3.63, 3.8) is 0 Å². The summed E-state index contributed by atoms with van der Waals surface area (Å²) in [5, 5.41) is 4.41. The largest absolute Gasteiger partial charge is 0.496 e. The van der Waals surface area contributed by atoms with Crippen LogP contribution < -0.4 is 10.2 Å². The first-order valence-electron chi connectivity index (χ1n) is 8.20. The average molecular weight is 323 g/mol. The van der Waals surface area contributed by atoms with Crippen molar-refractivity contribution in [2.45, 2.75) is 31.6 Å². The predicted octanol–water partition coefficient (Wildman–Crippen LogP) is 3.53. The summed E-state index contributed by atoms with van der Waals surface area (Å²) in [4.78, 5) is 16.8. The van der Waals surface area contributed by atoms with Gasteiger partial charge in [0.1, 0.15) is 5.75 Å². The first kappa shape index (κ1) is 16.2. The lowest BCUT2D eigenvalue weighted by molar-refractivity contribution is 0.0951. The summed E-state index contributed by atoms with van der Waals surface area (Å²) < 4.78 is 5.23. The monoisotopic (exact) mass is 323 g/mol. The van der Waals surface area contributed by atoms with Crippen LogP contribution in [0.3, 0.4) is 0 Å². The minimum absolute atomic E-state index is 0.179. The maximum absolute atomic E-state index is 12.4. The van der Waals surface area contributed by atoms with E-state index in [2.05, 4.69) is 15.5 Å². The van der Waals surface area contributed by atoms with Crippen LogP contribution in [0.4, 0.5) is 0 Å². The Morgan fingerprint density at radius 2 is 2.04 bits per heavy atom. The first-order chi connectivity index (χ1) is 11.8. The Morgan fingerprint density at radius 3 is 2.83 bits per heavy atom. The number of hydrogen-bond acceptors (Lipinski definition) is 4. The van der Waals surface area contributed by atoms with Crippen molar-refractivity contribution in [2.75, 3.05) is 7.11 Å². The Morgan fingerprint density at radius 1 is 1.21 bits per heavy atom. The molecule has 5 heteroatoms. The van der Waals surface area contributed by atoms with Crippen molar-refractivity contribution in [1.82, 2.24) is 10.4 Å². The third-order valence-electron chi connectivity index (χ3n) is 4.28. The fraction of sp³-hybridized carbons (Fsp3) is 0.316. The molecule has 0 saturated heterocycles. The molecule has 1 aromatic heterocycles. The van der Waals surface area contributed by atoms with E-state index in [4.69, 9.17) is 4.74 Å². The van der Waals surface area contributed by atoms with Crippen LogP contribution in [0, 0.1) is 0 Å². The Labute approximate surface area is 141 Å². The summed E-state index contributed by atoms with van der Waals surface area (Å²) in [7, 11) is 1.55. The van der Waals surface area contributed by atoms with Gasteiger partial charge in [-0.05, 0) is 43.5 Å². The number of benzene rings is 1. The van der Waals surface area contributed by atoms with E-state index < -0.39 is 0 Å². The molecule has 5 nitrogen and oxygen atoms in total. The van der Waals surface area contributed by atoms with Crippen molar-refractivity contribution in [1.29, 1.82) is 0 Å². The summed E-state index contributed by atoms with van der Waals surface area (Å²) in [5.41, 5.74) is 5.17. The van der Waals surface area contributed by atoms with E-state index in [1.807, 2.05) is 30.3 Å². The molecule has 1 amide bonds. The quantitative estimate of drug-likeness (QED) is 0.875. The summed E-state index contributed by atoms with van der Waals surface area (Å²) in [6.07, 6.45) is 5.94. The Balaban J connectivity index is 1.77. The van der Waals surface area contributed by atoms with Crippen LogP contribution in [0.5, 0.6) is 5.75 Å². The number of nitrogens with zero attached hydrogens (tertiary/aromatic N) is 2. The number of nitrogens with one attached hydrogen (secondary N) is 1. The van der Waals surface area contributed by atoms with Gasteiger partial charge < -0.3 is 4.74 Å². The van der Waals surface area contributed by atoms with Crippen LogP contribution in [0.25, 0.3) is 0 Å². The second-order valence-electron chi connectivity index (χ2n) is 5.80. The van der Waals surface area contributed by atoms with E-state index in [1.165, 1.54) is 0 Å². The van der Waals surface area contributed by atoms with Crippen molar-refractivity contribution >= 4 is 11.6 Å². The van der Waals surface area contributed by atoms with Gasteiger partial charge in [0, 0.05) is 23.5 Å². The van der Waals surface area contributed by atoms with E-state index >= 15 is 0 Å². The second-order valence-corrected chi connectivity index (χ2v) is 5.80. The number of para-hydroxylation sites is 1. The predicted molar refractivity (Wildman–Crippen MR) is 93.3 cm³/mol. The van der Waals surface area contributed by atoms with Crippen LogP contribution in [-0.2, 0) is 0 Å². The molecular weight excluding hydrogens is 302 g/mol. The Bertz CT molecular complexity index is 728. The molecule has 1 fully saturated rings. The molecule has 2 aromatic rings. The molecule has 24 heavy (non-hydrogen) atoms. The minimum Gasteiger partial charge on any atom is -0.496 e. The number of rotatable bonds is 4. The third-order valence-corrected chi connectivity index (χ3v) is 4.28. The smallest absolute Gasteiger partial charge is 0.275 e. The fourth-order valence-corrected chi connectivity index (χ4v) is 3.04. The highest BCUT2D eigenvalue weighted by molar-refractivity contribution is 5.98. The van der Waals surface area contributed by atoms with Crippen molar-refractivity contribution < 1.29 is 9.53 Å². The molecule has 0 bridgehead atoms. The van der Waals surface area contributed by atoms with Crippen LogP contribution >= 0.6 is 0 Å². The summed E-state index contributed by atoms with van der Waals surface area (Å²) in [6.45, 7) is 0. The molecule has 0 spiro atoms. The number of hydrogen-bond donors (Lipinski definition) is 1. The maximum Gasteiger partial charge on any atom is 0.275 e. The van der Waals surface area contributed by atoms with E-state index in [0.717, 1.165) is 37.1 Å². The zero-order chi connectivity index (χ0) is 16.8. The number of pyridine rings is 1. The zero-order valence-electron chi connectivity index (χ0n) is 13.7. The van der Waals surface area contributed by atoms with E-state index in [1.54, 1.807) is 25.4 Å². The summed E-state index contributed by atoms with van der Waals surface area (Å²) >= 11 is 0. The molecule has 1 unspecified atom stereocenters. The van der Waals surface area contributed by atoms with Crippen LogP contribution in [0.1, 0.15) is 47.7 Å². The molecule has 1 heterocycles. The molecule has 1 saturated carbocycles. The molecule has 0 radical (unpaired) electrons. The van der Waals surface area contributed by atoms with Gasteiger partial charge >= 0.3 is 0 Å². The number of hydrazone groups is 1. The van der Waals surface area contributed by atoms with Crippen molar-refractivity contribution in [3.8, 4) is 5.75 Å². The van der Waals surface area contributed by atoms with Gasteiger partial charge in [0.15, 0.2) is 0 Å². The van der Waals surface area contributed by atoms with Gasteiger partial charge in [0.2, 0.25) is 0 Å².